The van der Waals surface area contributed by atoms with E-state index in [0.717, 1.165) is 17.6 Å². The van der Waals surface area contributed by atoms with Gasteiger partial charge in [0.25, 0.3) is 0 Å². The molecular formula is C22H34O5. The molecule has 0 bridgehead atoms. The van der Waals surface area contributed by atoms with Gasteiger partial charge in [-0.1, -0.05) is 37.3 Å². The Morgan fingerprint density at radius 2 is 2.00 bits per heavy atom. The first-order valence-electron chi connectivity index (χ1n) is 9.76. The van der Waals surface area contributed by atoms with Crippen molar-refractivity contribution in [3.05, 3.63) is 36.0 Å². The van der Waals surface area contributed by atoms with Crippen LogP contribution in [0.2, 0.25) is 0 Å². The van der Waals surface area contributed by atoms with Crippen LogP contribution in [0.5, 0.6) is 0 Å². The van der Waals surface area contributed by atoms with Gasteiger partial charge in [0, 0.05) is 19.3 Å². The average molecular weight is 379 g/mol. The minimum atomic E-state index is -0.791. The first-order valence-corrected chi connectivity index (χ1v) is 9.76. The number of esters is 1. The highest BCUT2D eigenvalue weighted by atomic mass is 16.5. The predicted molar refractivity (Wildman–Crippen MR) is 105 cm³/mol. The molecule has 2 aliphatic carbocycles. The van der Waals surface area contributed by atoms with Crippen LogP contribution in [-0.4, -0.2) is 45.7 Å². The molecular weight excluding hydrogens is 344 g/mol. The SMILES string of the molecule is C=C(C)[C@H](O)C[C@H](OC(C)=O)[C@@H](C)[C@H]1C[C@H](O)C(=C)[C@H]2CC=C(C)[C@@H]2[C@H]1O. The Labute approximate surface area is 162 Å². The Kier molecular flexibility index (Phi) is 7.06. The summed E-state index contributed by atoms with van der Waals surface area (Å²) in [5.41, 5.74) is 2.49. The number of rotatable bonds is 6. The summed E-state index contributed by atoms with van der Waals surface area (Å²) >= 11 is 0. The summed E-state index contributed by atoms with van der Waals surface area (Å²) in [4.78, 5) is 11.6. The summed E-state index contributed by atoms with van der Waals surface area (Å²) < 4.78 is 5.51. The molecule has 0 radical (unpaired) electrons. The van der Waals surface area contributed by atoms with E-state index in [1.54, 1.807) is 6.92 Å². The lowest BCUT2D eigenvalue weighted by Crippen LogP contribution is -2.41. The Bertz CT molecular complexity index is 622. The van der Waals surface area contributed by atoms with E-state index in [4.69, 9.17) is 4.74 Å². The van der Waals surface area contributed by atoms with Crippen LogP contribution in [0.15, 0.2) is 36.0 Å². The number of allylic oxidation sites excluding steroid dienone is 1. The van der Waals surface area contributed by atoms with Gasteiger partial charge in [-0.2, -0.15) is 0 Å². The fourth-order valence-corrected chi connectivity index (χ4v) is 4.67. The number of carbonyl (C=O) groups is 1. The van der Waals surface area contributed by atoms with Crippen molar-refractivity contribution in [3.8, 4) is 0 Å². The van der Waals surface area contributed by atoms with Gasteiger partial charge < -0.3 is 20.1 Å². The smallest absolute Gasteiger partial charge is 0.302 e. The number of fused-ring (bicyclic) bond motifs is 1. The summed E-state index contributed by atoms with van der Waals surface area (Å²) in [7, 11) is 0. The summed E-state index contributed by atoms with van der Waals surface area (Å²) in [6.45, 7) is 14.8. The Balaban J connectivity index is 2.30. The molecule has 0 heterocycles. The molecule has 1 saturated carbocycles. The van der Waals surface area contributed by atoms with E-state index in [2.05, 4.69) is 19.2 Å². The molecule has 0 amide bonds. The second-order valence-electron chi connectivity index (χ2n) is 8.40. The first-order chi connectivity index (χ1) is 12.5. The first kappa shape index (κ1) is 21.9. The number of aliphatic hydroxyl groups is 3. The maximum Gasteiger partial charge on any atom is 0.302 e. The zero-order valence-electron chi connectivity index (χ0n) is 16.9. The molecule has 152 valence electrons. The highest BCUT2D eigenvalue weighted by molar-refractivity contribution is 5.66. The van der Waals surface area contributed by atoms with Crippen molar-refractivity contribution in [2.24, 2.45) is 23.7 Å². The van der Waals surface area contributed by atoms with Crippen LogP contribution < -0.4 is 0 Å². The third-order valence-electron chi connectivity index (χ3n) is 6.46. The van der Waals surface area contributed by atoms with Gasteiger partial charge >= 0.3 is 5.97 Å². The molecule has 27 heavy (non-hydrogen) atoms. The van der Waals surface area contributed by atoms with Gasteiger partial charge in [-0.3, -0.25) is 4.79 Å². The maximum absolute atomic E-state index is 11.6. The number of hydrogen-bond acceptors (Lipinski definition) is 5. The van der Waals surface area contributed by atoms with E-state index in [9.17, 15) is 20.1 Å². The number of carbonyl (C=O) groups excluding carboxylic acids is 1. The molecule has 0 spiro atoms. The summed E-state index contributed by atoms with van der Waals surface area (Å²) in [6.07, 6.45) is 0.742. The van der Waals surface area contributed by atoms with Crippen LogP contribution >= 0.6 is 0 Å². The van der Waals surface area contributed by atoms with Crippen LogP contribution in [0, 0.1) is 23.7 Å². The number of ether oxygens (including phenoxy) is 1. The maximum atomic E-state index is 11.6. The van der Waals surface area contributed by atoms with Crippen molar-refractivity contribution in [2.45, 2.75) is 71.4 Å². The molecule has 0 aliphatic heterocycles. The quantitative estimate of drug-likeness (QED) is 0.489. The summed E-state index contributed by atoms with van der Waals surface area (Å²) in [5.74, 6) is -0.988. The van der Waals surface area contributed by atoms with E-state index in [0.29, 0.717) is 12.0 Å². The van der Waals surface area contributed by atoms with Crippen LogP contribution in [0.25, 0.3) is 0 Å². The van der Waals surface area contributed by atoms with Gasteiger partial charge in [0.1, 0.15) is 6.10 Å². The van der Waals surface area contributed by atoms with E-state index in [1.807, 2.05) is 13.8 Å². The van der Waals surface area contributed by atoms with Crippen molar-refractivity contribution in [1.82, 2.24) is 0 Å². The van der Waals surface area contributed by atoms with Crippen molar-refractivity contribution in [1.29, 1.82) is 0 Å². The molecule has 0 unspecified atom stereocenters. The van der Waals surface area contributed by atoms with Gasteiger partial charge in [0.2, 0.25) is 0 Å². The molecule has 3 N–H and O–H groups in total. The number of aliphatic hydroxyl groups excluding tert-OH is 3. The lowest BCUT2D eigenvalue weighted by Gasteiger charge is -2.36. The fourth-order valence-electron chi connectivity index (χ4n) is 4.67. The van der Waals surface area contributed by atoms with E-state index in [1.165, 1.54) is 6.92 Å². The Morgan fingerprint density at radius 3 is 2.56 bits per heavy atom. The molecule has 1 fully saturated rings. The van der Waals surface area contributed by atoms with Crippen LogP contribution in [0.3, 0.4) is 0 Å². The summed E-state index contributed by atoms with van der Waals surface area (Å²) in [6, 6.07) is 0. The third-order valence-corrected chi connectivity index (χ3v) is 6.46. The van der Waals surface area contributed by atoms with Gasteiger partial charge in [-0.05, 0) is 50.0 Å². The lowest BCUT2D eigenvalue weighted by molar-refractivity contribution is -0.153. The monoisotopic (exact) mass is 378 g/mol. The van der Waals surface area contributed by atoms with Crippen molar-refractivity contribution in [3.63, 3.8) is 0 Å². The molecule has 0 aromatic rings. The zero-order chi connectivity index (χ0) is 20.5. The molecule has 0 aromatic heterocycles. The Morgan fingerprint density at radius 1 is 1.37 bits per heavy atom. The van der Waals surface area contributed by atoms with Gasteiger partial charge in [0.15, 0.2) is 0 Å². The van der Waals surface area contributed by atoms with Crippen molar-refractivity contribution in [2.75, 3.05) is 0 Å². The topological polar surface area (TPSA) is 87.0 Å². The van der Waals surface area contributed by atoms with Crippen LogP contribution in [-0.2, 0) is 9.53 Å². The average Bonchev–Trinajstić information content (AvgIpc) is 2.93. The van der Waals surface area contributed by atoms with E-state index in [-0.39, 0.29) is 30.1 Å². The Hall–Kier alpha value is -1.43. The molecule has 8 atom stereocenters. The highest BCUT2D eigenvalue weighted by Crippen LogP contribution is 2.47. The molecule has 5 heteroatoms. The predicted octanol–water partition coefficient (Wildman–Crippen LogP) is 2.76. The molecule has 5 nitrogen and oxygen atoms in total. The van der Waals surface area contributed by atoms with Gasteiger partial charge in [-0.15, -0.1) is 0 Å². The normalized spacial score (nSPS) is 34.1. The van der Waals surface area contributed by atoms with Gasteiger partial charge in [-0.25, -0.2) is 0 Å². The van der Waals surface area contributed by atoms with Crippen LogP contribution in [0.4, 0.5) is 0 Å². The fraction of sp³-hybridized carbons (Fsp3) is 0.682. The highest BCUT2D eigenvalue weighted by Gasteiger charge is 2.46. The zero-order valence-corrected chi connectivity index (χ0v) is 16.9. The number of hydrogen-bond donors (Lipinski definition) is 3. The minimum Gasteiger partial charge on any atom is -0.462 e. The summed E-state index contributed by atoms with van der Waals surface area (Å²) in [5, 5.41) is 32.1. The van der Waals surface area contributed by atoms with Crippen molar-refractivity contribution >= 4 is 5.97 Å². The largest absolute Gasteiger partial charge is 0.462 e. The minimum absolute atomic E-state index is 0.0420. The van der Waals surface area contributed by atoms with Crippen molar-refractivity contribution < 1.29 is 24.9 Å². The third kappa shape index (κ3) is 4.71. The van der Waals surface area contributed by atoms with E-state index < -0.39 is 30.4 Å². The van der Waals surface area contributed by atoms with E-state index >= 15 is 0 Å². The van der Waals surface area contributed by atoms with Crippen LogP contribution in [0.1, 0.15) is 47.0 Å². The molecule has 0 aromatic carbocycles. The molecule has 2 rings (SSSR count). The molecule has 0 saturated heterocycles. The standard InChI is InChI=1S/C22H34O5/c1-11(2)18(24)10-20(27-15(6)23)14(5)17-9-19(25)13(4)16-8-7-12(3)21(16)22(17)26/h7,14,16-22,24-26H,1,4,8-10H2,2-3,5-6H3/t14-,16+,17+,18+,19-,20-,21-,22-/m0/s1. The van der Waals surface area contributed by atoms with Gasteiger partial charge in [0.05, 0.1) is 18.3 Å². The second kappa shape index (κ2) is 8.72. The lowest BCUT2D eigenvalue weighted by atomic mass is 9.75. The molecule has 2 aliphatic rings. The second-order valence-corrected chi connectivity index (χ2v) is 8.40.